The second-order valence-corrected chi connectivity index (χ2v) is 15.6. The zero-order valence-corrected chi connectivity index (χ0v) is 21.5. The van der Waals surface area contributed by atoms with E-state index in [-0.39, 0.29) is 0 Å². The maximum absolute atomic E-state index is 9.54. The van der Waals surface area contributed by atoms with Crippen molar-refractivity contribution in [3.05, 3.63) is 30.7 Å². The summed E-state index contributed by atoms with van der Waals surface area (Å²) in [7, 11) is 0.654. The molecule has 4 aromatic rings. The molecule has 0 bridgehead atoms. The first-order chi connectivity index (χ1) is 16.1. The van der Waals surface area contributed by atoms with Gasteiger partial charge in [0.2, 0.25) is 5.95 Å². The number of nitrogens with zero attached hydrogens (tertiary/aromatic N) is 7. The van der Waals surface area contributed by atoms with Crippen LogP contribution in [-0.4, -0.2) is 51.0 Å². The number of hydrogen-bond donors (Lipinski definition) is 2. The summed E-state index contributed by atoms with van der Waals surface area (Å²) >= 11 is 0. The van der Waals surface area contributed by atoms with Crippen LogP contribution in [0.4, 0.5) is 17.5 Å². The van der Waals surface area contributed by atoms with E-state index < -0.39 is 13.6 Å². The number of aromatic nitrogens is 6. The molecule has 0 fully saturated rings. The van der Waals surface area contributed by atoms with E-state index in [0.717, 1.165) is 29.2 Å². The molecular weight excluding hydrogens is 446 g/mol. The third-order valence-electron chi connectivity index (χ3n) is 5.59. The second-order valence-electron chi connectivity index (χ2n) is 9.97. The van der Waals surface area contributed by atoms with Gasteiger partial charge in [0, 0.05) is 27.1 Å². The van der Waals surface area contributed by atoms with Crippen LogP contribution < -0.4 is 10.6 Å². The average molecular weight is 478 g/mol. The molecule has 178 valence electrons. The van der Waals surface area contributed by atoms with Crippen molar-refractivity contribution in [3.63, 3.8) is 0 Å². The fourth-order valence-electron chi connectivity index (χ4n) is 3.58. The highest BCUT2D eigenvalue weighted by Gasteiger charge is 2.23. The van der Waals surface area contributed by atoms with Crippen LogP contribution >= 0.6 is 0 Å². The zero-order chi connectivity index (χ0) is 24.5. The quantitative estimate of drug-likeness (QED) is 0.267. The van der Waals surface area contributed by atoms with Gasteiger partial charge in [-0.05, 0) is 32.0 Å². The summed E-state index contributed by atoms with van der Waals surface area (Å²) in [6.45, 7) is 11.8. The standard InChI is InChI=1S/C23H31N9OSi/c1-23(2,13-24)32-18-9-7-8-17(16(18)12-27-32)28-22-29-20(25-3)19-21(30-22)31(14-26-19)15-33-10-11-34(4,5)6/h7-9,12,14H,10-11,15H2,1-6H3,(H2,25,28,29,30). The Hall–Kier alpha value is -3.49. The monoisotopic (exact) mass is 477 g/mol. The molecule has 0 aliphatic heterocycles. The lowest BCUT2D eigenvalue weighted by atomic mass is 10.1. The van der Waals surface area contributed by atoms with Gasteiger partial charge in [0.1, 0.15) is 12.3 Å². The van der Waals surface area contributed by atoms with Crippen LogP contribution in [-0.2, 0) is 17.0 Å². The SMILES string of the molecule is CNc1nc(Nc2cccc3c2cnn3C(C)(C)C#N)nc2c1ncn2COCC[Si](C)(C)C. The van der Waals surface area contributed by atoms with Gasteiger partial charge in [-0.15, -0.1) is 0 Å². The van der Waals surface area contributed by atoms with E-state index in [1.165, 1.54) is 0 Å². The van der Waals surface area contributed by atoms with Gasteiger partial charge in [-0.1, -0.05) is 25.7 Å². The molecule has 10 nitrogen and oxygen atoms in total. The first kappa shape index (κ1) is 23.7. The molecule has 3 heterocycles. The van der Waals surface area contributed by atoms with Crippen LogP contribution in [0.1, 0.15) is 13.8 Å². The maximum atomic E-state index is 9.54. The number of nitriles is 1. The predicted molar refractivity (Wildman–Crippen MR) is 137 cm³/mol. The van der Waals surface area contributed by atoms with Crippen molar-refractivity contribution in [2.75, 3.05) is 24.3 Å². The topological polar surface area (TPSA) is 119 Å². The highest BCUT2D eigenvalue weighted by Crippen LogP contribution is 2.30. The van der Waals surface area contributed by atoms with Crippen LogP contribution in [0.2, 0.25) is 25.7 Å². The van der Waals surface area contributed by atoms with Gasteiger partial charge < -0.3 is 15.4 Å². The molecule has 4 rings (SSSR count). The Kier molecular flexibility index (Phi) is 6.29. The van der Waals surface area contributed by atoms with E-state index in [2.05, 4.69) is 51.4 Å². The molecular formula is C23H31N9OSi. The van der Waals surface area contributed by atoms with E-state index in [0.29, 0.717) is 29.7 Å². The highest BCUT2D eigenvalue weighted by atomic mass is 28.3. The van der Waals surface area contributed by atoms with Crippen molar-refractivity contribution in [2.45, 2.75) is 51.8 Å². The summed E-state index contributed by atoms with van der Waals surface area (Å²) in [5.74, 6) is 1.06. The first-order valence-electron chi connectivity index (χ1n) is 11.3. The Bertz CT molecular complexity index is 1360. The first-order valence-corrected chi connectivity index (χ1v) is 15.0. The summed E-state index contributed by atoms with van der Waals surface area (Å²) in [4.78, 5) is 13.8. The average Bonchev–Trinajstić information content (AvgIpc) is 3.41. The van der Waals surface area contributed by atoms with Gasteiger partial charge in [0.05, 0.1) is 29.8 Å². The van der Waals surface area contributed by atoms with Crippen molar-refractivity contribution < 1.29 is 4.74 Å². The van der Waals surface area contributed by atoms with Crippen molar-refractivity contribution in [2.24, 2.45) is 0 Å². The smallest absolute Gasteiger partial charge is 0.231 e. The Balaban J connectivity index is 1.65. The third-order valence-corrected chi connectivity index (χ3v) is 7.29. The van der Waals surface area contributed by atoms with Crippen LogP contribution in [0.15, 0.2) is 30.7 Å². The maximum Gasteiger partial charge on any atom is 0.231 e. The minimum atomic E-state index is -1.16. The van der Waals surface area contributed by atoms with Crippen LogP contribution in [0.3, 0.4) is 0 Å². The molecule has 3 aromatic heterocycles. The third kappa shape index (κ3) is 4.73. The van der Waals surface area contributed by atoms with Crippen molar-refractivity contribution >= 4 is 47.6 Å². The number of anilines is 3. The molecule has 0 amide bonds. The van der Waals surface area contributed by atoms with Gasteiger partial charge in [0.25, 0.3) is 0 Å². The van der Waals surface area contributed by atoms with Crippen LogP contribution in [0, 0.1) is 11.3 Å². The Morgan fingerprint density at radius 1 is 1.21 bits per heavy atom. The van der Waals surface area contributed by atoms with E-state index in [1.807, 2.05) is 43.7 Å². The molecule has 0 radical (unpaired) electrons. The lowest BCUT2D eigenvalue weighted by molar-refractivity contribution is 0.0895. The summed E-state index contributed by atoms with van der Waals surface area (Å²) in [5.41, 5.74) is 2.26. The Morgan fingerprint density at radius 3 is 2.71 bits per heavy atom. The molecule has 0 unspecified atom stereocenters. The minimum absolute atomic E-state index is 0.381. The minimum Gasteiger partial charge on any atom is -0.371 e. The van der Waals surface area contributed by atoms with Crippen molar-refractivity contribution in [3.8, 4) is 6.07 Å². The highest BCUT2D eigenvalue weighted by molar-refractivity contribution is 6.76. The van der Waals surface area contributed by atoms with Gasteiger partial charge in [-0.2, -0.15) is 20.3 Å². The molecule has 34 heavy (non-hydrogen) atoms. The number of fused-ring (bicyclic) bond motifs is 2. The number of nitrogens with one attached hydrogen (secondary N) is 2. The van der Waals surface area contributed by atoms with E-state index >= 15 is 0 Å². The lowest BCUT2D eigenvalue weighted by Crippen LogP contribution is -2.24. The summed E-state index contributed by atoms with van der Waals surface area (Å²) < 4.78 is 9.53. The van der Waals surface area contributed by atoms with Crippen molar-refractivity contribution in [1.29, 1.82) is 5.26 Å². The number of imidazole rings is 1. The fraction of sp³-hybridized carbons (Fsp3) is 0.435. The summed E-state index contributed by atoms with van der Waals surface area (Å²) in [6.07, 6.45) is 3.48. The van der Waals surface area contributed by atoms with Crippen LogP contribution in [0.5, 0.6) is 0 Å². The molecule has 1 aromatic carbocycles. The second kappa shape index (κ2) is 9.04. The summed E-state index contributed by atoms with van der Waals surface area (Å²) in [6, 6.07) is 9.21. The molecule has 0 spiro atoms. The fourth-order valence-corrected chi connectivity index (χ4v) is 4.34. The summed E-state index contributed by atoms with van der Waals surface area (Å²) in [5, 5.41) is 21.3. The zero-order valence-electron chi connectivity index (χ0n) is 20.5. The van der Waals surface area contributed by atoms with Crippen molar-refractivity contribution in [1.82, 2.24) is 29.3 Å². The molecule has 0 atom stereocenters. The van der Waals surface area contributed by atoms with E-state index in [4.69, 9.17) is 9.72 Å². The van der Waals surface area contributed by atoms with Gasteiger partial charge in [-0.3, -0.25) is 4.57 Å². The van der Waals surface area contributed by atoms with E-state index in [1.54, 1.807) is 17.2 Å². The number of ether oxygens (including phenoxy) is 1. The Morgan fingerprint density at radius 2 is 2.00 bits per heavy atom. The predicted octanol–water partition coefficient (Wildman–Crippen LogP) is 4.53. The van der Waals surface area contributed by atoms with E-state index in [9.17, 15) is 5.26 Å². The largest absolute Gasteiger partial charge is 0.371 e. The van der Waals surface area contributed by atoms with Gasteiger partial charge in [0.15, 0.2) is 17.0 Å². The van der Waals surface area contributed by atoms with Gasteiger partial charge in [-0.25, -0.2) is 9.67 Å². The molecule has 0 aliphatic rings. The number of benzene rings is 1. The molecule has 11 heteroatoms. The Labute approximate surface area is 200 Å². The molecule has 0 saturated heterocycles. The lowest BCUT2D eigenvalue weighted by Gasteiger charge is -2.17. The number of hydrogen-bond acceptors (Lipinski definition) is 8. The molecule has 0 aliphatic carbocycles. The molecule has 2 N–H and O–H groups in total. The molecule has 0 saturated carbocycles. The van der Waals surface area contributed by atoms with Gasteiger partial charge >= 0.3 is 0 Å². The van der Waals surface area contributed by atoms with Crippen LogP contribution in [0.25, 0.3) is 22.1 Å². The normalized spacial score (nSPS) is 12.3. The number of rotatable bonds is 9.